The van der Waals surface area contributed by atoms with Crippen LogP contribution in [0.5, 0.6) is 0 Å². The molecule has 0 saturated carbocycles. The van der Waals surface area contributed by atoms with Crippen LogP contribution in [-0.2, 0) is 16.8 Å². The summed E-state index contributed by atoms with van der Waals surface area (Å²) in [6.45, 7) is 8.90. The number of carbonyl (C=O) groups is 3. The van der Waals surface area contributed by atoms with Crippen molar-refractivity contribution >= 4 is 56.9 Å². The van der Waals surface area contributed by atoms with E-state index in [2.05, 4.69) is 20.6 Å². The fourth-order valence-corrected chi connectivity index (χ4v) is 6.55. The summed E-state index contributed by atoms with van der Waals surface area (Å²) in [6, 6.07) is 16.5. The van der Waals surface area contributed by atoms with E-state index in [0.29, 0.717) is 32.1 Å². The maximum atomic E-state index is 13.4. The molecule has 0 bridgehead atoms. The number of hydrogen-bond acceptors (Lipinski definition) is 7. The average molecular weight is 622 g/mol. The number of ether oxygens (including phenoxy) is 1. The zero-order chi connectivity index (χ0) is 30.6. The SMILES string of the molecule is CCCOC(=O)n1nc(NC(=O)c2ccc(CN3CCCCC3)cc2)c2cc(C(=O)NC(C)(C)c3ccccc3Cl)sc21. The number of piperidine rings is 1. The summed E-state index contributed by atoms with van der Waals surface area (Å²) in [4.78, 5) is 42.7. The third kappa shape index (κ3) is 7.09. The van der Waals surface area contributed by atoms with Crippen molar-refractivity contribution in [2.45, 2.75) is 58.5 Å². The minimum absolute atomic E-state index is 0.173. The van der Waals surface area contributed by atoms with Crippen LogP contribution >= 0.6 is 22.9 Å². The van der Waals surface area contributed by atoms with Gasteiger partial charge in [-0.05, 0) is 81.6 Å². The molecule has 4 aromatic rings. The summed E-state index contributed by atoms with van der Waals surface area (Å²) in [5.41, 5.74) is 1.62. The number of nitrogens with one attached hydrogen (secondary N) is 2. The van der Waals surface area contributed by atoms with Gasteiger partial charge in [0.05, 0.1) is 22.4 Å². The van der Waals surface area contributed by atoms with Crippen molar-refractivity contribution in [1.82, 2.24) is 20.0 Å². The number of nitrogens with zero attached hydrogens (tertiary/aromatic N) is 3. The van der Waals surface area contributed by atoms with Crippen LogP contribution in [0.4, 0.5) is 10.6 Å². The molecule has 3 heterocycles. The lowest BCUT2D eigenvalue weighted by molar-refractivity contribution is 0.0915. The predicted molar refractivity (Wildman–Crippen MR) is 170 cm³/mol. The number of thiophene rings is 1. The van der Waals surface area contributed by atoms with Gasteiger partial charge in [0.2, 0.25) is 0 Å². The van der Waals surface area contributed by atoms with Crippen LogP contribution in [0.25, 0.3) is 10.2 Å². The first kappa shape index (κ1) is 30.7. The lowest BCUT2D eigenvalue weighted by Crippen LogP contribution is -2.40. The Kier molecular flexibility index (Phi) is 9.49. The van der Waals surface area contributed by atoms with Crippen LogP contribution in [0.15, 0.2) is 54.6 Å². The van der Waals surface area contributed by atoms with Crippen LogP contribution in [0, 0.1) is 0 Å². The fourth-order valence-electron chi connectivity index (χ4n) is 5.18. The van der Waals surface area contributed by atoms with Crippen molar-refractivity contribution in [3.63, 3.8) is 0 Å². The molecular weight excluding hydrogens is 586 g/mol. The summed E-state index contributed by atoms with van der Waals surface area (Å²) in [5, 5.41) is 11.2. The molecule has 1 aliphatic rings. The third-order valence-electron chi connectivity index (χ3n) is 7.46. The van der Waals surface area contributed by atoms with Crippen LogP contribution < -0.4 is 10.6 Å². The van der Waals surface area contributed by atoms with Gasteiger partial charge in [0, 0.05) is 17.1 Å². The normalized spacial score (nSPS) is 14.0. The molecule has 2 aromatic carbocycles. The van der Waals surface area contributed by atoms with Gasteiger partial charge in [-0.3, -0.25) is 14.5 Å². The second-order valence-electron chi connectivity index (χ2n) is 11.3. The van der Waals surface area contributed by atoms with Gasteiger partial charge >= 0.3 is 6.09 Å². The highest BCUT2D eigenvalue weighted by Crippen LogP contribution is 2.34. The van der Waals surface area contributed by atoms with Crippen molar-refractivity contribution < 1.29 is 19.1 Å². The first-order valence-corrected chi connectivity index (χ1v) is 15.8. The topological polar surface area (TPSA) is 106 Å². The van der Waals surface area contributed by atoms with Gasteiger partial charge in [-0.25, -0.2) is 4.79 Å². The van der Waals surface area contributed by atoms with Crippen LogP contribution in [-0.4, -0.2) is 52.3 Å². The molecule has 0 atom stereocenters. The Morgan fingerprint density at radius 3 is 2.44 bits per heavy atom. The standard InChI is InChI=1S/C32H36ClN5O4S/c1-4-18-42-31(41)38-30-23(19-26(43-30)29(40)35-32(2,3)24-10-6-7-11-25(24)33)27(36-38)34-28(39)22-14-12-21(13-15-22)20-37-16-8-5-9-17-37/h6-7,10-15,19H,4-5,8-9,16-18,20H2,1-3H3,(H,35,40)(H,34,36,39). The first-order valence-electron chi connectivity index (χ1n) is 14.6. The number of fused-ring (bicyclic) bond motifs is 1. The summed E-state index contributed by atoms with van der Waals surface area (Å²) in [7, 11) is 0. The minimum atomic E-state index is -0.769. The molecule has 1 fully saturated rings. The number of halogens is 1. The zero-order valence-corrected chi connectivity index (χ0v) is 26.2. The van der Waals surface area contributed by atoms with Gasteiger partial charge in [-0.2, -0.15) is 4.68 Å². The number of benzene rings is 2. The molecule has 0 radical (unpaired) electrons. The number of hydrogen-bond donors (Lipinski definition) is 2. The molecule has 0 spiro atoms. The Bertz CT molecular complexity index is 1620. The number of amides is 2. The summed E-state index contributed by atoms with van der Waals surface area (Å²) >= 11 is 7.50. The Hall–Kier alpha value is -3.73. The van der Waals surface area contributed by atoms with E-state index in [1.807, 2.05) is 51.1 Å². The van der Waals surface area contributed by atoms with Crippen LogP contribution in [0.2, 0.25) is 5.02 Å². The molecule has 226 valence electrons. The zero-order valence-electron chi connectivity index (χ0n) is 24.6. The highest BCUT2D eigenvalue weighted by atomic mass is 35.5. The van der Waals surface area contributed by atoms with E-state index in [9.17, 15) is 14.4 Å². The van der Waals surface area contributed by atoms with Crippen molar-refractivity contribution in [1.29, 1.82) is 0 Å². The van der Waals surface area contributed by atoms with E-state index in [0.717, 1.165) is 46.8 Å². The predicted octanol–water partition coefficient (Wildman–Crippen LogP) is 7.05. The van der Waals surface area contributed by atoms with Crippen molar-refractivity contribution in [3.05, 3.63) is 81.2 Å². The van der Waals surface area contributed by atoms with Gasteiger partial charge in [0.1, 0.15) is 4.83 Å². The molecule has 9 nitrogen and oxygen atoms in total. The highest BCUT2D eigenvalue weighted by Gasteiger charge is 2.28. The average Bonchev–Trinajstić information content (AvgIpc) is 3.57. The van der Waals surface area contributed by atoms with E-state index < -0.39 is 11.6 Å². The molecule has 0 unspecified atom stereocenters. The Morgan fingerprint density at radius 1 is 1.02 bits per heavy atom. The van der Waals surface area contributed by atoms with Crippen LogP contribution in [0.1, 0.15) is 77.6 Å². The Labute approximate surface area is 260 Å². The number of rotatable bonds is 9. The van der Waals surface area contributed by atoms with Gasteiger partial charge in [-0.1, -0.05) is 55.3 Å². The molecule has 1 aliphatic heterocycles. The molecular formula is C32H36ClN5O4S. The molecule has 2 amide bonds. The highest BCUT2D eigenvalue weighted by molar-refractivity contribution is 7.20. The van der Waals surface area contributed by atoms with E-state index in [1.165, 1.54) is 19.3 Å². The van der Waals surface area contributed by atoms with Crippen molar-refractivity contribution in [2.75, 3.05) is 25.0 Å². The van der Waals surface area contributed by atoms with Crippen molar-refractivity contribution in [2.24, 2.45) is 0 Å². The molecule has 2 aromatic heterocycles. The smallest absolute Gasteiger partial charge is 0.436 e. The molecule has 0 aliphatic carbocycles. The molecule has 11 heteroatoms. The Morgan fingerprint density at radius 2 is 1.74 bits per heavy atom. The summed E-state index contributed by atoms with van der Waals surface area (Å²) in [5.74, 6) is -0.539. The first-order chi connectivity index (χ1) is 20.7. The van der Waals surface area contributed by atoms with Gasteiger partial charge < -0.3 is 15.4 Å². The van der Waals surface area contributed by atoms with Gasteiger partial charge in [0.25, 0.3) is 11.8 Å². The number of likely N-dealkylation sites (tertiary alicyclic amines) is 1. The molecule has 2 N–H and O–H groups in total. The second-order valence-corrected chi connectivity index (χ2v) is 12.7. The Balaban J connectivity index is 1.38. The van der Waals surface area contributed by atoms with E-state index in [-0.39, 0.29) is 24.2 Å². The van der Waals surface area contributed by atoms with Crippen LogP contribution in [0.3, 0.4) is 0 Å². The van der Waals surface area contributed by atoms with E-state index in [4.69, 9.17) is 16.3 Å². The maximum absolute atomic E-state index is 13.4. The fraction of sp³-hybridized carbons (Fsp3) is 0.375. The molecule has 43 heavy (non-hydrogen) atoms. The molecule has 5 rings (SSSR count). The van der Waals surface area contributed by atoms with Gasteiger partial charge in [-0.15, -0.1) is 16.4 Å². The lowest BCUT2D eigenvalue weighted by Gasteiger charge is -2.27. The summed E-state index contributed by atoms with van der Waals surface area (Å²) < 4.78 is 6.42. The second kappa shape index (κ2) is 13.3. The lowest BCUT2D eigenvalue weighted by atomic mass is 9.94. The number of anilines is 1. The van der Waals surface area contributed by atoms with Gasteiger partial charge in [0.15, 0.2) is 5.82 Å². The quantitative estimate of drug-likeness (QED) is 0.207. The monoisotopic (exact) mass is 621 g/mol. The van der Waals surface area contributed by atoms with E-state index >= 15 is 0 Å². The number of aromatic nitrogens is 2. The largest absolute Gasteiger partial charge is 0.448 e. The van der Waals surface area contributed by atoms with E-state index in [1.54, 1.807) is 24.3 Å². The minimum Gasteiger partial charge on any atom is -0.448 e. The maximum Gasteiger partial charge on any atom is 0.436 e. The third-order valence-corrected chi connectivity index (χ3v) is 8.90. The summed E-state index contributed by atoms with van der Waals surface area (Å²) in [6.07, 6.45) is 3.69. The van der Waals surface area contributed by atoms with Crippen molar-refractivity contribution in [3.8, 4) is 0 Å². The number of carbonyl (C=O) groups excluding carboxylic acids is 3. The molecule has 1 saturated heterocycles.